The summed E-state index contributed by atoms with van der Waals surface area (Å²) in [6.07, 6.45) is -2.87. The Hall–Kier alpha value is -1.61. The molecular weight excluding hydrogens is 357 g/mol. The van der Waals surface area contributed by atoms with Crippen molar-refractivity contribution >= 4 is 15.9 Å². The summed E-state index contributed by atoms with van der Waals surface area (Å²) in [4.78, 5) is 12.3. The highest BCUT2D eigenvalue weighted by atomic mass is 32.2. The number of nitrogens with zero attached hydrogens (tertiary/aromatic N) is 1. The maximum atomic E-state index is 12.5. The maximum Gasteiger partial charge on any atom is 0.416 e. The summed E-state index contributed by atoms with van der Waals surface area (Å²) in [7, 11) is -3.46. The number of nitrogens with one attached hydrogen (secondary N) is 1. The fraction of sp³-hybridized carbons (Fsp3) is 0.562. The van der Waals surface area contributed by atoms with Crippen molar-refractivity contribution in [3.63, 3.8) is 0 Å². The molecule has 1 fully saturated rings. The van der Waals surface area contributed by atoms with E-state index in [2.05, 4.69) is 5.32 Å². The zero-order chi connectivity index (χ0) is 18.7. The molecule has 1 aromatic rings. The lowest BCUT2D eigenvalue weighted by Crippen LogP contribution is -2.46. The molecule has 0 radical (unpaired) electrons. The van der Waals surface area contributed by atoms with Crippen molar-refractivity contribution in [2.45, 2.75) is 44.9 Å². The second-order valence-corrected chi connectivity index (χ2v) is 8.04. The summed E-state index contributed by atoms with van der Waals surface area (Å²) < 4.78 is 63.2. The van der Waals surface area contributed by atoms with Gasteiger partial charge in [0.2, 0.25) is 15.9 Å². The van der Waals surface area contributed by atoms with Gasteiger partial charge in [-0.25, -0.2) is 8.42 Å². The molecule has 25 heavy (non-hydrogen) atoms. The smallest absolute Gasteiger partial charge is 0.351 e. The Morgan fingerprint density at radius 1 is 1.28 bits per heavy atom. The van der Waals surface area contributed by atoms with Crippen LogP contribution in [-0.2, 0) is 27.5 Å². The van der Waals surface area contributed by atoms with E-state index < -0.39 is 33.7 Å². The monoisotopic (exact) mass is 378 g/mol. The normalized spacial score (nSPS) is 19.1. The lowest BCUT2D eigenvalue weighted by atomic mass is 10.1. The Morgan fingerprint density at radius 3 is 2.48 bits per heavy atom. The molecule has 1 amide bonds. The van der Waals surface area contributed by atoms with Gasteiger partial charge in [-0.15, -0.1) is 0 Å². The van der Waals surface area contributed by atoms with Gasteiger partial charge in [-0.3, -0.25) is 4.79 Å². The number of hydrogen-bond acceptors (Lipinski definition) is 3. The number of hydrogen-bond donors (Lipinski definition) is 1. The zero-order valence-electron chi connectivity index (χ0n) is 13.8. The van der Waals surface area contributed by atoms with E-state index in [1.807, 2.05) is 0 Å². The molecule has 1 saturated heterocycles. The third kappa shape index (κ3) is 4.94. The molecule has 1 aromatic carbocycles. The highest BCUT2D eigenvalue weighted by molar-refractivity contribution is 7.89. The van der Waals surface area contributed by atoms with Gasteiger partial charge in [-0.05, 0) is 37.0 Å². The van der Waals surface area contributed by atoms with Crippen LogP contribution in [0.2, 0.25) is 0 Å². The maximum absolute atomic E-state index is 12.5. The molecule has 1 aliphatic heterocycles. The summed E-state index contributed by atoms with van der Waals surface area (Å²) >= 11 is 0. The first-order valence-electron chi connectivity index (χ1n) is 8.08. The van der Waals surface area contributed by atoms with Crippen LogP contribution in [0.25, 0.3) is 0 Å². The van der Waals surface area contributed by atoms with Crippen LogP contribution in [0.15, 0.2) is 24.3 Å². The van der Waals surface area contributed by atoms with E-state index in [1.54, 1.807) is 6.92 Å². The summed E-state index contributed by atoms with van der Waals surface area (Å²) in [5.74, 6) is -0.424. The lowest BCUT2D eigenvalue weighted by molar-refractivity contribution is -0.137. The number of carbonyl (C=O) groups excluding carboxylic acids is 1. The molecule has 9 heteroatoms. The zero-order valence-corrected chi connectivity index (χ0v) is 14.7. The first-order chi connectivity index (χ1) is 11.6. The Morgan fingerprint density at radius 2 is 1.92 bits per heavy atom. The number of alkyl halides is 3. The molecule has 0 saturated carbocycles. The van der Waals surface area contributed by atoms with Crippen molar-refractivity contribution in [2.75, 3.05) is 12.3 Å². The number of benzene rings is 1. The molecule has 0 aromatic heterocycles. The van der Waals surface area contributed by atoms with Crippen LogP contribution in [0.4, 0.5) is 13.2 Å². The molecule has 1 heterocycles. The van der Waals surface area contributed by atoms with Gasteiger partial charge in [0.1, 0.15) is 6.04 Å². The van der Waals surface area contributed by atoms with Crippen molar-refractivity contribution < 1.29 is 26.4 Å². The molecule has 5 nitrogen and oxygen atoms in total. The minimum atomic E-state index is -4.40. The van der Waals surface area contributed by atoms with Crippen LogP contribution in [0.1, 0.15) is 37.3 Å². The van der Waals surface area contributed by atoms with Crippen molar-refractivity contribution in [1.29, 1.82) is 0 Å². The summed E-state index contributed by atoms with van der Waals surface area (Å²) in [6, 6.07) is 3.75. The van der Waals surface area contributed by atoms with Crippen molar-refractivity contribution in [3.05, 3.63) is 35.4 Å². The molecule has 1 atom stereocenters. The molecule has 2 rings (SSSR count). The van der Waals surface area contributed by atoms with Crippen molar-refractivity contribution in [1.82, 2.24) is 9.62 Å². The average Bonchev–Trinajstić information content (AvgIpc) is 3.03. The molecule has 140 valence electrons. The van der Waals surface area contributed by atoms with E-state index in [0.29, 0.717) is 31.4 Å². The van der Waals surface area contributed by atoms with Crippen molar-refractivity contribution in [2.24, 2.45) is 0 Å². The van der Waals surface area contributed by atoms with Gasteiger partial charge < -0.3 is 5.32 Å². The lowest BCUT2D eigenvalue weighted by Gasteiger charge is -2.23. The quantitative estimate of drug-likeness (QED) is 0.827. The summed E-state index contributed by atoms with van der Waals surface area (Å²) in [5, 5.41) is 2.62. The number of sulfonamides is 1. The third-order valence-corrected chi connectivity index (χ3v) is 6.15. The Bertz CT molecular complexity index is 702. The van der Waals surface area contributed by atoms with Gasteiger partial charge in [0, 0.05) is 13.1 Å². The highest BCUT2D eigenvalue weighted by Crippen LogP contribution is 2.29. The molecular formula is C16H21F3N2O3S. The first kappa shape index (κ1) is 19.7. The molecule has 1 unspecified atom stereocenters. The van der Waals surface area contributed by atoms with E-state index in [4.69, 9.17) is 0 Å². The van der Waals surface area contributed by atoms with Crippen LogP contribution in [0.3, 0.4) is 0 Å². The van der Waals surface area contributed by atoms with Gasteiger partial charge in [0.05, 0.1) is 11.3 Å². The fourth-order valence-corrected chi connectivity index (χ4v) is 4.58. The Labute approximate surface area is 145 Å². The van der Waals surface area contributed by atoms with E-state index in [0.717, 1.165) is 12.1 Å². The predicted octanol–water partition coefficient (Wildman–Crippen LogP) is 2.53. The Balaban J connectivity index is 1.98. The third-order valence-electron chi connectivity index (χ3n) is 4.07. The van der Waals surface area contributed by atoms with Gasteiger partial charge in [-0.1, -0.05) is 19.1 Å². The summed E-state index contributed by atoms with van der Waals surface area (Å²) in [5.41, 5.74) is -0.238. The van der Waals surface area contributed by atoms with Gasteiger partial charge in [0.25, 0.3) is 0 Å². The molecule has 0 bridgehead atoms. The SMILES string of the molecule is CCCS(=O)(=O)N1CCCC1C(=O)NCc1ccc(C(F)(F)F)cc1. The minimum Gasteiger partial charge on any atom is -0.351 e. The average molecular weight is 378 g/mol. The standard InChI is InChI=1S/C16H21F3N2O3S/c1-2-10-25(23,24)21-9-3-4-14(21)15(22)20-11-12-5-7-13(8-6-12)16(17,18)19/h5-8,14H,2-4,9-11H2,1H3,(H,20,22). The van der Waals surface area contributed by atoms with Gasteiger partial charge >= 0.3 is 6.18 Å². The predicted molar refractivity (Wildman–Crippen MR) is 87.1 cm³/mol. The second-order valence-electron chi connectivity index (χ2n) is 6.00. The number of carbonyl (C=O) groups is 1. The van der Waals surface area contributed by atoms with Crippen LogP contribution < -0.4 is 5.32 Å². The second kappa shape index (κ2) is 7.74. The van der Waals surface area contributed by atoms with E-state index >= 15 is 0 Å². The van der Waals surface area contributed by atoms with Crippen LogP contribution in [0, 0.1) is 0 Å². The molecule has 0 spiro atoms. The van der Waals surface area contributed by atoms with E-state index in [9.17, 15) is 26.4 Å². The van der Waals surface area contributed by atoms with E-state index in [1.165, 1.54) is 16.4 Å². The summed E-state index contributed by atoms with van der Waals surface area (Å²) in [6.45, 7) is 2.13. The Kier molecular flexibility index (Phi) is 6.10. The van der Waals surface area contributed by atoms with E-state index in [-0.39, 0.29) is 12.3 Å². The molecule has 0 aliphatic carbocycles. The molecule has 1 aliphatic rings. The minimum absolute atomic E-state index is 0.00428. The topological polar surface area (TPSA) is 66.5 Å². The largest absolute Gasteiger partial charge is 0.416 e. The van der Waals surface area contributed by atoms with Crippen LogP contribution in [-0.4, -0.2) is 37.0 Å². The highest BCUT2D eigenvalue weighted by Gasteiger charge is 2.37. The number of halogens is 3. The van der Waals surface area contributed by atoms with Gasteiger partial charge in [0.15, 0.2) is 0 Å². The number of rotatable bonds is 6. The van der Waals surface area contributed by atoms with Crippen LogP contribution >= 0.6 is 0 Å². The molecule has 1 N–H and O–H groups in total. The fourth-order valence-electron chi connectivity index (χ4n) is 2.83. The number of amides is 1. The van der Waals surface area contributed by atoms with Crippen LogP contribution in [0.5, 0.6) is 0 Å². The first-order valence-corrected chi connectivity index (χ1v) is 9.69. The van der Waals surface area contributed by atoms with Crippen molar-refractivity contribution in [3.8, 4) is 0 Å². The van der Waals surface area contributed by atoms with Gasteiger partial charge in [-0.2, -0.15) is 17.5 Å².